The second kappa shape index (κ2) is 10.3. The van der Waals surface area contributed by atoms with Crippen molar-refractivity contribution < 1.29 is 28.7 Å². The summed E-state index contributed by atoms with van der Waals surface area (Å²) in [7, 11) is 0. The standard InChI is InChI=1S/C19H27N3O6/c1-6-20-16(24)12(2)21-15(23)11-27-17(25)13-7-9-14(10-8-13)22-18(26)28-19(3,4)5/h7-10,12H,6,11H2,1-5H3,(H,20,24)(H,21,23)(H,22,26)/t12-/m0/s1. The van der Waals surface area contributed by atoms with Gasteiger partial charge < -0.3 is 20.1 Å². The van der Waals surface area contributed by atoms with Crippen LogP contribution in [0.1, 0.15) is 45.0 Å². The normalized spacial score (nSPS) is 11.8. The molecule has 3 amide bonds. The molecule has 0 aliphatic carbocycles. The Morgan fingerprint density at radius 2 is 1.68 bits per heavy atom. The average molecular weight is 393 g/mol. The summed E-state index contributed by atoms with van der Waals surface area (Å²) in [6.45, 7) is 8.48. The maximum absolute atomic E-state index is 12.0. The summed E-state index contributed by atoms with van der Waals surface area (Å²) in [5.41, 5.74) is 0.0296. The summed E-state index contributed by atoms with van der Waals surface area (Å²) in [6, 6.07) is 5.19. The molecule has 1 rings (SSSR count). The van der Waals surface area contributed by atoms with Crippen molar-refractivity contribution in [2.24, 2.45) is 0 Å². The van der Waals surface area contributed by atoms with Crippen molar-refractivity contribution in [3.63, 3.8) is 0 Å². The fourth-order valence-electron chi connectivity index (χ4n) is 2.00. The van der Waals surface area contributed by atoms with Crippen molar-refractivity contribution in [2.75, 3.05) is 18.5 Å². The molecule has 28 heavy (non-hydrogen) atoms. The van der Waals surface area contributed by atoms with E-state index in [1.807, 2.05) is 0 Å². The number of amides is 3. The van der Waals surface area contributed by atoms with Crippen LogP contribution in [0, 0.1) is 0 Å². The van der Waals surface area contributed by atoms with Gasteiger partial charge in [-0.05, 0) is 58.9 Å². The zero-order valence-corrected chi connectivity index (χ0v) is 16.8. The predicted molar refractivity (Wildman–Crippen MR) is 103 cm³/mol. The minimum Gasteiger partial charge on any atom is -0.452 e. The van der Waals surface area contributed by atoms with Crippen molar-refractivity contribution in [1.82, 2.24) is 10.6 Å². The Morgan fingerprint density at radius 1 is 1.07 bits per heavy atom. The summed E-state index contributed by atoms with van der Waals surface area (Å²) in [5.74, 6) is -1.62. The molecule has 0 bridgehead atoms. The molecule has 0 saturated carbocycles. The number of rotatable bonds is 7. The Kier molecular flexibility index (Phi) is 8.43. The summed E-state index contributed by atoms with van der Waals surface area (Å²) >= 11 is 0. The first-order valence-corrected chi connectivity index (χ1v) is 8.86. The van der Waals surface area contributed by atoms with Gasteiger partial charge in [0.25, 0.3) is 5.91 Å². The number of nitrogens with one attached hydrogen (secondary N) is 3. The molecule has 0 heterocycles. The van der Waals surface area contributed by atoms with Crippen LogP contribution in [0.2, 0.25) is 0 Å². The maximum atomic E-state index is 12.0. The van der Waals surface area contributed by atoms with Crippen LogP contribution in [0.15, 0.2) is 24.3 Å². The summed E-state index contributed by atoms with van der Waals surface area (Å²) in [5, 5.41) is 7.55. The molecule has 0 aliphatic rings. The quantitative estimate of drug-likeness (QED) is 0.608. The topological polar surface area (TPSA) is 123 Å². The monoisotopic (exact) mass is 393 g/mol. The zero-order chi connectivity index (χ0) is 21.3. The SMILES string of the molecule is CCNC(=O)[C@H](C)NC(=O)COC(=O)c1ccc(NC(=O)OC(C)(C)C)cc1. The van der Waals surface area contributed by atoms with Crippen LogP contribution in [0.5, 0.6) is 0 Å². The van der Waals surface area contributed by atoms with E-state index in [2.05, 4.69) is 16.0 Å². The molecule has 154 valence electrons. The van der Waals surface area contributed by atoms with E-state index in [0.29, 0.717) is 12.2 Å². The summed E-state index contributed by atoms with van der Waals surface area (Å²) < 4.78 is 10.1. The van der Waals surface area contributed by atoms with Crippen molar-refractivity contribution in [2.45, 2.75) is 46.3 Å². The first kappa shape index (κ1) is 22.9. The molecular formula is C19H27N3O6. The van der Waals surface area contributed by atoms with Crippen LogP contribution in [-0.4, -0.2) is 48.7 Å². The molecule has 0 radical (unpaired) electrons. The minimum atomic E-state index is -0.732. The molecule has 3 N–H and O–H groups in total. The van der Waals surface area contributed by atoms with Crippen molar-refractivity contribution in [1.29, 1.82) is 0 Å². The van der Waals surface area contributed by atoms with Gasteiger partial charge in [-0.1, -0.05) is 0 Å². The number of hydrogen-bond acceptors (Lipinski definition) is 6. The van der Waals surface area contributed by atoms with Crippen LogP contribution in [0.3, 0.4) is 0 Å². The van der Waals surface area contributed by atoms with E-state index in [4.69, 9.17) is 9.47 Å². The Labute approximate surface area is 164 Å². The van der Waals surface area contributed by atoms with Crippen LogP contribution in [-0.2, 0) is 19.1 Å². The Bertz CT molecular complexity index is 709. The molecule has 1 atom stereocenters. The van der Waals surface area contributed by atoms with E-state index in [1.165, 1.54) is 31.2 Å². The van der Waals surface area contributed by atoms with Crippen LogP contribution < -0.4 is 16.0 Å². The lowest BCUT2D eigenvalue weighted by Crippen LogP contribution is -2.46. The fourth-order valence-corrected chi connectivity index (χ4v) is 2.00. The fraction of sp³-hybridized carbons (Fsp3) is 0.474. The highest BCUT2D eigenvalue weighted by Gasteiger charge is 2.18. The molecule has 0 saturated heterocycles. The zero-order valence-electron chi connectivity index (χ0n) is 16.8. The average Bonchev–Trinajstić information content (AvgIpc) is 2.58. The first-order chi connectivity index (χ1) is 13.0. The van der Waals surface area contributed by atoms with E-state index in [9.17, 15) is 19.2 Å². The molecule has 0 aromatic heterocycles. The molecule has 1 aromatic rings. The number of esters is 1. The van der Waals surface area contributed by atoms with Gasteiger partial charge in [-0.25, -0.2) is 9.59 Å². The van der Waals surface area contributed by atoms with Crippen LogP contribution in [0.4, 0.5) is 10.5 Å². The highest BCUT2D eigenvalue weighted by atomic mass is 16.6. The molecule has 0 fully saturated rings. The number of carbonyl (C=O) groups excluding carboxylic acids is 4. The van der Waals surface area contributed by atoms with Gasteiger partial charge in [0.1, 0.15) is 11.6 Å². The third kappa shape index (κ3) is 8.52. The van der Waals surface area contributed by atoms with Gasteiger partial charge in [-0.2, -0.15) is 0 Å². The molecule has 1 aromatic carbocycles. The number of likely N-dealkylation sites (N-methyl/N-ethyl adjacent to an activating group) is 1. The Morgan fingerprint density at radius 3 is 2.21 bits per heavy atom. The molecular weight excluding hydrogens is 366 g/mol. The number of carbonyl (C=O) groups is 4. The smallest absolute Gasteiger partial charge is 0.412 e. The van der Waals surface area contributed by atoms with Gasteiger partial charge >= 0.3 is 12.1 Å². The third-order valence-electron chi connectivity index (χ3n) is 3.22. The summed E-state index contributed by atoms with van der Waals surface area (Å²) in [6.07, 6.45) is -0.610. The van der Waals surface area contributed by atoms with Gasteiger partial charge in [0.05, 0.1) is 5.56 Å². The molecule has 0 aliphatic heterocycles. The minimum absolute atomic E-state index is 0.208. The second-order valence-electron chi connectivity index (χ2n) is 6.96. The largest absolute Gasteiger partial charge is 0.452 e. The van der Waals surface area contributed by atoms with Crippen molar-refractivity contribution in [3.05, 3.63) is 29.8 Å². The lowest BCUT2D eigenvalue weighted by atomic mass is 10.2. The van der Waals surface area contributed by atoms with E-state index >= 15 is 0 Å². The Hall–Kier alpha value is -3.10. The van der Waals surface area contributed by atoms with Crippen LogP contribution >= 0.6 is 0 Å². The summed E-state index contributed by atoms with van der Waals surface area (Å²) in [4.78, 5) is 47.0. The van der Waals surface area contributed by atoms with Crippen molar-refractivity contribution in [3.8, 4) is 0 Å². The maximum Gasteiger partial charge on any atom is 0.412 e. The second-order valence-corrected chi connectivity index (χ2v) is 6.96. The van der Waals surface area contributed by atoms with E-state index in [-0.39, 0.29) is 11.5 Å². The van der Waals surface area contributed by atoms with Crippen molar-refractivity contribution >= 4 is 29.6 Å². The lowest BCUT2D eigenvalue weighted by molar-refractivity contribution is -0.130. The third-order valence-corrected chi connectivity index (χ3v) is 3.22. The highest BCUT2D eigenvalue weighted by molar-refractivity contribution is 5.93. The number of ether oxygens (including phenoxy) is 2. The number of hydrogen-bond donors (Lipinski definition) is 3. The highest BCUT2D eigenvalue weighted by Crippen LogP contribution is 2.13. The van der Waals surface area contributed by atoms with Gasteiger partial charge in [0.2, 0.25) is 5.91 Å². The van der Waals surface area contributed by atoms with Crippen LogP contribution in [0.25, 0.3) is 0 Å². The molecule has 0 unspecified atom stereocenters. The molecule has 9 heteroatoms. The van der Waals surface area contributed by atoms with Gasteiger partial charge in [0, 0.05) is 12.2 Å². The molecule has 0 spiro atoms. The van der Waals surface area contributed by atoms with E-state index in [1.54, 1.807) is 27.7 Å². The molecule has 9 nitrogen and oxygen atoms in total. The van der Waals surface area contributed by atoms with E-state index < -0.39 is 36.2 Å². The number of anilines is 1. The van der Waals surface area contributed by atoms with Gasteiger partial charge in [-0.3, -0.25) is 14.9 Å². The van der Waals surface area contributed by atoms with E-state index in [0.717, 1.165) is 0 Å². The predicted octanol–water partition coefficient (Wildman–Crippen LogP) is 1.83. The lowest BCUT2D eigenvalue weighted by Gasteiger charge is -2.19. The van der Waals surface area contributed by atoms with Gasteiger partial charge in [0.15, 0.2) is 6.61 Å². The van der Waals surface area contributed by atoms with Gasteiger partial charge in [-0.15, -0.1) is 0 Å². The first-order valence-electron chi connectivity index (χ1n) is 8.86. The Balaban J connectivity index is 2.49. The number of benzene rings is 1.